The van der Waals surface area contributed by atoms with Gasteiger partial charge in [-0.2, -0.15) is 0 Å². The van der Waals surface area contributed by atoms with E-state index >= 15 is 0 Å². The van der Waals surface area contributed by atoms with Gasteiger partial charge in [-0.05, 0) is 62.1 Å². The van der Waals surface area contributed by atoms with Crippen LogP contribution in [0, 0.1) is 12.8 Å². The molecule has 0 radical (unpaired) electrons. The van der Waals surface area contributed by atoms with Gasteiger partial charge in [-0.25, -0.2) is 8.42 Å². The molecule has 4 rings (SSSR count). The molecule has 30 heavy (non-hydrogen) atoms. The Morgan fingerprint density at radius 1 is 1.07 bits per heavy atom. The summed E-state index contributed by atoms with van der Waals surface area (Å²) in [4.78, 5) is 13.6. The second kappa shape index (κ2) is 7.70. The molecular formula is C23H22BrNO3S2. The van der Waals surface area contributed by atoms with Crippen LogP contribution in [-0.4, -0.2) is 24.8 Å². The second-order valence-corrected chi connectivity index (χ2v) is 11.2. The van der Waals surface area contributed by atoms with Gasteiger partial charge in [-0.3, -0.25) is 9.10 Å². The molecule has 7 heteroatoms. The first-order chi connectivity index (χ1) is 14.2. The average Bonchev–Trinajstić information content (AvgIpc) is 2.97. The first kappa shape index (κ1) is 21.4. The number of carbonyl (C=O) groups is 1. The molecule has 4 nitrogen and oxygen atoms in total. The molecule has 2 atom stereocenters. The van der Waals surface area contributed by atoms with E-state index in [4.69, 9.17) is 0 Å². The highest BCUT2D eigenvalue weighted by Crippen LogP contribution is 2.57. The van der Waals surface area contributed by atoms with Gasteiger partial charge in [0.05, 0.1) is 4.90 Å². The van der Waals surface area contributed by atoms with Crippen LogP contribution in [0.15, 0.2) is 80.7 Å². The highest BCUT2D eigenvalue weighted by atomic mass is 79.9. The Kier molecular flexibility index (Phi) is 5.49. The smallest absolute Gasteiger partial charge is 0.265 e. The summed E-state index contributed by atoms with van der Waals surface area (Å²) in [6.07, 6.45) is 5.54. The van der Waals surface area contributed by atoms with Crippen LogP contribution in [0.4, 0.5) is 0 Å². The molecule has 0 spiro atoms. The number of thioether (sulfide) groups is 1. The van der Waals surface area contributed by atoms with E-state index in [0.717, 1.165) is 20.5 Å². The Morgan fingerprint density at radius 3 is 2.30 bits per heavy atom. The molecule has 0 N–H and O–H groups in total. The lowest BCUT2D eigenvalue weighted by Gasteiger charge is -2.43. The fourth-order valence-corrected chi connectivity index (χ4v) is 7.61. The molecule has 156 valence electrons. The van der Waals surface area contributed by atoms with E-state index in [0.29, 0.717) is 5.70 Å². The zero-order valence-corrected chi connectivity index (χ0v) is 20.1. The van der Waals surface area contributed by atoms with Crippen LogP contribution in [0.1, 0.15) is 24.5 Å². The minimum absolute atomic E-state index is 0.0154. The first-order valence-corrected chi connectivity index (χ1v) is 13.0. The summed E-state index contributed by atoms with van der Waals surface area (Å²) < 4.78 is 30.4. The van der Waals surface area contributed by atoms with Crippen molar-refractivity contribution in [1.29, 1.82) is 0 Å². The summed E-state index contributed by atoms with van der Waals surface area (Å²) in [7, 11) is -3.86. The highest BCUT2D eigenvalue weighted by molar-refractivity contribution is 9.10. The summed E-state index contributed by atoms with van der Waals surface area (Å²) in [5.74, 6) is -0.243. The van der Waals surface area contributed by atoms with Gasteiger partial charge >= 0.3 is 0 Å². The molecule has 0 bridgehead atoms. The van der Waals surface area contributed by atoms with Crippen LogP contribution in [0.2, 0.25) is 0 Å². The lowest BCUT2D eigenvalue weighted by Crippen LogP contribution is -2.49. The van der Waals surface area contributed by atoms with Crippen molar-refractivity contribution in [1.82, 2.24) is 4.31 Å². The number of nitrogens with zero attached hydrogens (tertiary/aromatic N) is 1. The van der Waals surface area contributed by atoms with E-state index in [2.05, 4.69) is 15.9 Å². The van der Waals surface area contributed by atoms with E-state index < -0.39 is 15.6 Å². The van der Waals surface area contributed by atoms with Gasteiger partial charge in [0.2, 0.25) is 0 Å². The Hall–Kier alpha value is -1.83. The van der Waals surface area contributed by atoms with E-state index in [-0.39, 0.29) is 23.0 Å². The SMILES string of the molecule is CSC1=C(C)N(S(=O)(=O)c2ccc(C)cc2)[C@@]2(c3ccc(Br)cc3)C=CC(=O)C[C@@H]12. The summed E-state index contributed by atoms with van der Waals surface area (Å²) in [6, 6.07) is 14.6. The van der Waals surface area contributed by atoms with Crippen molar-refractivity contribution in [2.45, 2.75) is 30.7 Å². The third-order valence-electron chi connectivity index (χ3n) is 5.86. The molecule has 0 fully saturated rings. The fraction of sp³-hybridized carbons (Fsp3) is 0.261. The quantitative estimate of drug-likeness (QED) is 0.560. The van der Waals surface area contributed by atoms with Gasteiger partial charge in [0.1, 0.15) is 5.54 Å². The molecule has 0 amide bonds. The Bertz CT molecular complexity index is 1170. The molecule has 1 heterocycles. The Balaban J connectivity index is 2.01. The maximum atomic E-state index is 14.0. The minimum Gasteiger partial charge on any atom is -0.295 e. The summed E-state index contributed by atoms with van der Waals surface area (Å²) in [6.45, 7) is 3.77. The zero-order chi connectivity index (χ0) is 21.7. The van der Waals surface area contributed by atoms with Gasteiger partial charge in [-0.15, -0.1) is 11.8 Å². The van der Waals surface area contributed by atoms with E-state index in [9.17, 15) is 13.2 Å². The monoisotopic (exact) mass is 503 g/mol. The summed E-state index contributed by atoms with van der Waals surface area (Å²) in [5.41, 5.74) is 1.55. The standard InChI is InChI=1S/C23H22BrNO3S2/c1-15-4-10-20(11-5-15)30(27,28)25-16(2)22(29-3)21-14-19(26)12-13-23(21,25)17-6-8-18(24)9-7-17/h4-13,21H,14H2,1-3H3/t21-,23+/m0/s1. The third-order valence-corrected chi connectivity index (χ3v) is 9.33. The van der Waals surface area contributed by atoms with Crippen molar-refractivity contribution in [2.75, 3.05) is 6.26 Å². The van der Waals surface area contributed by atoms with Gasteiger partial charge in [0.25, 0.3) is 10.0 Å². The van der Waals surface area contributed by atoms with E-state index in [1.54, 1.807) is 18.2 Å². The predicted octanol–water partition coefficient (Wildman–Crippen LogP) is 5.40. The molecule has 2 aromatic carbocycles. The first-order valence-electron chi connectivity index (χ1n) is 9.57. The lowest BCUT2D eigenvalue weighted by molar-refractivity contribution is -0.116. The summed E-state index contributed by atoms with van der Waals surface area (Å²) in [5, 5.41) is 0. The van der Waals surface area contributed by atoms with Crippen molar-refractivity contribution in [3.05, 3.63) is 86.9 Å². The molecule has 2 aliphatic rings. The van der Waals surface area contributed by atoms with Gasteiger partial charge in [0, 0.05) is 27.4 Å². The lowest BCUT2D eigenvalue weighted by atomic mass is 9.74. The van der Waals surface area contributed by atoms with Crippen molar-refractivity contribution < 1.29 is 13.2 Å². The normalized spacial score (nSPS) is 23.8. The number of carbonyl (C=O) groups excluding carboxylic acids is 1. The van der Waals surface area contributed by atoms with Crippen LogP contribution >= 0.6 is 27.7 Å². The number of halogens is 1. The molecule has 0 unspecified atom stereocenters. The van der Waals surface area contributed by atoms with Crippen molar-refractivity contribution in [2.24, 2.45) is 5.92 Å². The largest absolute Gasteiger partial charge is 0.295 e. The van der Waals surface area contributed by atoms with Gasteiger partial charge < -0.3 is 0 Å². The summed E-state index contributed by atoms with van der Waals surface area (Å²) >= 11 is 4.99. The molecule has 1 aliphatic carbocycles. The number of rotatable bonds is 4. The van der Waals surface area contributed by atoms with Crippen molar-refractivity contribution in [3.8, 4) is 0 Å². The molecule has 1 aliphatic heterocycles. The van der Waals surface area contributed by atoms with E-state index in [1.807, 2.05) is 56.5 Å². The van der Waals surface area contributed by atoms with Crippen LogP contribution < -0.4 is 0 Å². The van der Waals surface area contributed by atoms with Crippen molar-refractivity contribution in [3.63, 3.8) is 0 Å². The topological polar surface area (TPSA) is 54.5 Å². The van der Waals surface area contributed by atoms with Crippen LogP contribution in [0.25, 0.3) is 0 Å². The third kappa shape index (κ3) is 3.18. The van der Waals surface area contributed by atoms with Crippen LogP contribution in [-0.2, 0) is 20.4 Å². The number of aryl methyl sites for hydroxylation is 1. The number of benzene rings is 2. The van der Waals surface area contributed by atoms with Gasteiger partial charge in [-0.1, -0.05) is 45.8 Å². The molecule has 0 saturated carbocycles. The maximum absolute atomic E-state index is 14.0. The highest BCUT2D eigenvalue weighted by Gasteiger charge is 2.57. The number of sulfonamides is 1. The number of ketones is 1. The van der Waals surface area contributed by atoms with Crippen LogP contribution in [0.3, 0.4) is 0 Å². The van der Waals surface area contributed by atoms with E-state index in [1.165, 1.54) is 22.1 Å². The molecule has 0 aromatic heterocycles. The molecule has 2 aromatic rings. The number of fused-ring (bicyclic) bond motifs is 1. The Morgan fingerprint density at radius 2 is 1.70 bits per heavy atom. The average molecular weight is 504 g/mol. The Labute approximate surface area is 190 Å². The zero-order valence-electron chi connectivity index (χ0n) is 16.9. The van der Waals surface area contributed by atoms with Crippen molar-refractivity contribution >= 4 is 43.5 Å². The second-order valence-electron chi connectivity index (χ2n) is 7.62. The number of hydrogen-bond donors (Lipinski definition) is 0. The molecular weight excluding hydrogens is 482 g/mol. The maximum Gasteiger partial charge on any atom is 0.265 e. The fourth-order valence-electron chi connectivity index (χ4n) is 4.51. The predicted molar refractivity (Wildman–Crippen MR) is 124 cm³/mol. The van der Waals surface area contributed by atoms with Crippen LogP contribution in [0.5, 0.6) is 0 Å². The molecule has 0 saturated heterocycles. The van der Waals surface area contributed by atoms with Gasteiger partial charge in [0.15, 0.2) is 5.78 Å². The number of hydrogen-bond acceptors (Lipinski definition) is 4. The minimum atomic E-state index is -3.86. The number of allylic oxidation sites excluding steroid dienone is 2.